The fraction of sp³-hybridized carbons (Fsp3) is 0.125. The van der Waals surface area contributed by atoms with Crippen LogP contribution >= 0.6 is 0 Å². The number of para-hydroxylation sites is 1. The second-order valence-electron chi connectivity index (χ2n) is 4.71. The van der Waals surface area contributed by atoms with E-state index in [0.717, 1.165) is 5.56 Å². The highest BCUT2D eigenvalue weighted by molar-refractivity contribution is 5.98. The second kappa shape index (κ2) is 5.97. The predicted molar refractivity (Wildman–Crippen MR) is 79.5 cm³/mol. The molecule has 0 aliphatic carbocycles. The number of rotatable bonds is 3. The Kier molecular flexibility index (Phi) is 4.10. The van der Waals surface area contributed by atoms with Crippen molar-refractivity contribution in [3.05, 3.63) is 59.2 Å². The largest absolute Gasteiger partial charge is 0.505 e. The lowest BCUT2D eigenvalue weighted by molar-refractivity contribution is 0.0782. The van der Waals surface area contributed by atoms with Crippen molar-refractivity contribution in [2.75, 3.05) is 12.8 Å². The normalized spacial score (nSPS) is 9.90. The van der Waals surface area contributed by atoms with Crippen LogP contribution in [0.3, 0.4) is 0 Å². The van der Waals surface area contributed by atoms with Gasteiger partial charge in [-0.05, 0) is 29.8 Å². The number of carbonyl (C=O) groups is 1. The summed E-state index contributed by atoms with van der Waals surface area (Å²) in [6, 6.07) is 13.7. The number of carbonyl (C=O) groups excluding carboxylic acids is 1. The molecule has 3 N–H and O–H groups in total. The summed E-state index contributed by atoms with van der Waals surface area (Å²) in [5.74, 6) is -0.515. The molecule has 0 aliphatic rings. The first-order chi connectivity index (χ1) is 10.0. The van der Waals surface area contributed by atoms with E-state index >= 15 is 0 Å². The summed E-state index contributed by atoms with van der Waals surface area (Å²) in [5.41, 5.74) is 7.40. The van der Waals surface area contributed by atoms with E-state index < -0.39 is 0 Å². The molecular weight excluding hydrogens is 266 g/mol. The summed E-state index contributed by atoms with van der Waals surface area (Å²) in [7, 11) is 1.64. The fourth-order valence-corrected chi connectivity index (χ4v) is 1.97. The lowest BCUT2D eigenvalue weighted by Gasteiger charge is -2.18. The Bertz CT molecular complexity index is 702. The smallest absolute Gasteiger partial charge is 0.257 e. The van der Waals surface area contributed by atoms with Gasteiger partial charge in [0.1, 0.15) is 0 Å². The molecule has 0 fully saturated rings. The van der Waals surface area contributed by atoms with Crippen molar-refractivity contribution >= 4 is 11.6 Å². The molecule has 0 heterocycles. The maximum absolute atomic E-state index is 12.3. The zero-order valence-electron chi connectivity index (χ0n) is 11.6. The first-order valence-electron chi connectivity index (χ1n) is 6.35. The first-order valence-corrected chi connectivity index (χ1v) is 6.35. The number of phenols is 1. The highest BCUT2D eigenvalue weighted by Crippen LogP contribution is 2.25. The minimum Gasteiger partial charge on any atom is -0.505 e. The quantitative estimate of drug-likeness (QED) is 0.666. The number of hydrogen-bond acceptors (Lipinski definition) is 4. The minimum atomic E-state index is -0.316. The molecule has 21 heavy (non-hydrogen) atoms. The average molecular weight is 281 g/mol. The second-order valence-corrected chi connectivity index (χ2v) is 4.71. The zero-order chi connectivity index (χ0) is 15.4. The highest BCUT2D eigenvalue weighted by Gasteiger charge is 2.17. The van der Waals surface area contributed by atoms with Gasteiger partial charge in [0.25, 0.3) is 5.91 Å². The zero-order valence-corrected chi connectivity index (χ0v) is 11.6. The third kappa shape index (κ3) is 3.12. The van der Waals surface area contributed by atoms with Crippen molar-refractivity contribution in [2.45, 2.75) is 6.54 Å². The first kappa shape index (κ1) is 14.4. The van der Waals surface area contributed by atoms with E-state index in [9.17, 15) is 9.90 Å². The fourth-order valence-electron chi connectivity index (χ4n) is 1.97. The van der Waals surface area contributed by atoms with Crippen LogP contribution in [0.5, 0.6) is 5.75 Å². The molecule has 0 aliphatic heterocycles. The number of nitrogens with two attached hydrogens (primary N) is 1. The van der Waals surface area contributed by atoms with Crippen LogP contribution in [-0.4, -0.2) is 23.0 Å². The van der Waals surface area contributed by atoms with Crippen molar-refractivity contribution < 1.29 is 9.90 Å². The Hall–Kier alpha value is -3.00. The Balaban J connectivity index is 2.15. The standard InChI is InChI=1S/C16H15N3O2/c1-19(10-12-7-5-11(9-17)6-8-12)16(21)13-3-2-4-14(18)15(13)20/h2-8,20H,10,18H2,1H3. The van der Waals surface area contributed by atoms with Crippen molar-refractivity contribution in [3.63, 3.8) is 0 Å². The van der Waals surface area contributed by atoms with Gasteiger partial charge in [0.2, 0.25) is 0 Å². The number of phenolic OH excluding ortho intramolecular Hbond substituents is 1. The van der Waals surface area contributed by atoms with Crippen LogP contribution in [0.1, 0.15) is 21.5 Å². The summed E-state index contributed by atoms with van der Waals surface area (Å²) in [6.07, 6.45) is 0. The summed E-state index contributed by atoms with van der Waals surface area (Å²) >= 11 is 0. The Morgan fingerprint density at radius 2 is 1.95 bits per heavy atom. The maximum Gasteiger partial charge on any atom is 0.257 e. The van der Waals surface area contributed by atoms with Gasteiger partial charge in [-0.2, -0.15) is 5.26 Å². The van der Waals surface area contributed by atoms with Crippen molar-refractivity contribution in [3.8, 4) is 11.8 Å². The van der Waals surface area contributed by atoms with Crippen LogP contribution in [0.15, 0.2) is 42.5 Å². The van der Waals surface area contributed by atoms with Gasteiger partial charge in [-0.1, -0.05) is 18.2 Å². The molecule has 0 spiro atoms. The minimum absolute atomic E-state index is 0.172. The number of hydrogen-bond donors (Lipinski definition) is 2. The SMILES string of the molecule is CN(Cc1ccc(C#N)cc1)C(=O)c1cccc(N)c1O. The molecular formula is C16H15N3O2. The molecule has 0 bridgehead atoms. The van der Waals surface area contributed by atoms with E-state index in [0.29, 0.717) is 12.1 Å². The molecule has 1 amide bonds. The molecule has 0 aromatic heterocycles. The lowest BCUT2D eigenvalue weighted by atomic mass is 10.1. The van der Waals surface area contributed by atoms with Gasteiger partial charge in [0, 0.05) is 13.6 Å². The molecule has 2 rings (SSSR count). The van der Waals surface area contributed by atoms with E-state index in [1.807, 2.05) is 6.07 Å². The third-order valence-corrected chi connectivity index (χ3v) is 3.15. The van der Waals surface area contributed by atoms with Gasteiger partial charge in [-0.15, -0.1) is 0 Å². The number of benzene rings is 2. The molecule has 5 heteroatoms. The molecule has 0 saturated carbocycles. The predicted octanol–water partition coefficient (Wildman–Crippen LogP) is 2.12. The molecule has 0 saturated heterocycles. The van der Waals surface area contributed by atoms with Crippen LogP contribution in [0.25, 0.3) is 0 Å². The van der Waals surface area contributed by atoms with Gasteiger partial charge in [-0.25, -0.2) is 0 Å². The van der Waals surface area contributed by atoms with Crippen LogP contribution in [0.2, 0.25) is 0 Å². The molecule has 106 valence electrons. The van der Waals surface area contributed by atoms with Crippen molar-refractivity contribution in [1.82, 2.24) is 4.90 Å². The molecule has 5 nitrogen and oxygen atoms in total. The lowest BCUT2D eigenvalue weighted by Crippen LogP contribution is -2.26. The van der Waals surface area contributed by atoms with E-state index in [4.69, 9.17) is 11.0 Å². The number of amides is 1. The van der Waals surface area contributed by atoms with E-state index in [1.54, 1.807) is 37.4 Å². The van der Waals surface area contributed by atoms with Crippen LogP contribution in [-0.2, 0) is 6.54 Å². The van der Waals surface area contributed by atoms with E-state index in [1.165, 1.54) is 17.0 Å². The van der Waals surface area contributed by atoms with Gasteiger partial charge in [0.05, 0.1) is 22.9 Å². The molecule has 2 aromatic carbocycles. The summed E-state index contributed by atoms with van der Waals surface area (Å²) < 4.78 is 0. The number of nitriles is 1. The van der Waals surface area contributed by atoms with Gasteiger partial charge in [0.15, 0.2) is 5.75 Å². The molecule has 0 atom stereocenters. The Morgan fingerprint density at radius 3 is 2.57 bits per heavy atom. The Labute approximate surface area is 122 Å². The summed E-state index contributed by atoms with van der Waals surface area (Å²) in [5, 5.41) is 18.6. The average Bonchev–Trinajstić information content (AvgIpc) is 2.50. The number of anilines is 1. The molecule has 0 radical (unpaired) electrons. The van der Waals surface area contributed by atoms with Crippen LogP contribution in [0.4, 0.5) is 5.69 Å². The van der Waals surface area contributed by atoms with E-state index in [2.05, 4.69) is 0 Å². The van der Waals surface area contributed by atoms with Gasteiger partial charge in [-0.3, -0.25) is 4.79 Å². The highest BCUT2D eigenvalue weighted by atomic mass is 16.3. The Morgan fingerprint density at radius 1 is 1.29 bits per heavy atom. The van der Waals surface area contributed by atoms with Gasteiger partial charge < -0.3 is 15.7 Å². The monoisotopic (exact) mass is 281 g/mol. The molecule has 2 aromatic rings. The maximum atomic E-state index is 12.3. The number of nitrogens with zero attached hydrogens (tertiary/aromatic N) is 2. The van der Waals surface area contributed by atoms with Crippen LogP contribution < -0.4 is 5.73 Å². The van der Waals surface area contributed by atoms with Crippen molar-refractivity contribution in [1.29, 1.82) is 5.26 Å². The van der Waals surface area contributed by atoms with Crippen molar-refractivity contribution in [2.24, 2.45) is 0 Å². The third-order valence-electron chi connectivity index (χ3n) is 3.15. The molecule has 0 unspecified atom stereocenters. The van der Waals surface area contributed by atoms with Gasteiger partial charge >= 0.3 is 0 Å². The van der Waals surface area contributed by atoms with E-state index in [-0.39, 0.29) is 22.9 Å². The topological polar surface area (TPSA) is 90.4 Å². The number of nitrogen functional groups attached to an aromatic ring is 1. The summed E-state index contributed by atoms with van der Waals surface area (Å²) in [4.78, 5) is 13.8. The number of aromatic hydroxyl groups is 1. The summed E-state index contributed by atoms with van der Waals surface area (Å²) in [6.45, 7) is 0.374. The van der Waals surface area contributed by atoms with Crippen LogP contribution in [0, 0.1) is 11.3 Å².